The molecule has 3 aromatic rings. The molecule has 1 atom stereocenters. The highest BCUT2D eigenvalue weighted by molar-refractivity contribution is 7.99. The Kier molecular flexibility index (Phi) is 4.29. The summed E-state index contributed by atoms with van der Waals surface area (Å²) >= 11 is 1.82. The fraction of sp³-hybridized carbons (Fsp3) is 0.182. The number of benzene rings is 3. The Morgan fingerprint density at radius 2 is 1.65 bits per heavy atom. The number of nitro benzene ring substituents is 1. The molecule has 0 saturated heterocycles. The lowest BCUT2D eigenvalue weighted by Crippen LogP contribution is -2.03. The van der Waals surface area contributed by atoms with Crippen molar-refractivity contribution < 1.29 is 4.92 Å². The van der Waals surface area contributed by atoms with E-state index in [4.69, 9.17) is 0 Å². The van der Waals surface area contributed by atoms with Crippen molar-refractivity contribution >= 4 is 17.4 Å². The van der Waals surface area contributed by atoms with Gasteiger partial charge in [-0.25, -0.2) is 0 Å². The van der Waals surface area contributed by atoms with E-state index in [1.54, 1.807) is 13.0 Å². The lowest BCUT2D eigenvalue weighted by atomic mass is 9.90. The highest BCUT2D eigenvalue weighted by Gasteiger charge is 2.19. The van der Waals surface area contributed by atoms with E-state index in [0.29, 0.717) is 5.56 Å². The zero-order valence-electron chi connectivity index (χ0n) is 14.7. The molecule has 1 aliphatic heterocycles. The molecule has 1 aliphatic rings. The number of aryl methyl sites for hydroxylation is 1. The van der Waals surface area contributed by atoms with E-state index in [-0.39, 0.29) is 16.5 Å². The van der Waals surface area contributed by atoms with Crippen LogP contribution in [0, 0.1) is 17.0 Å². The van der Waals surface area contributed by atoms with E-state index < -0.39 is 0 Å². The number of fused-ring (bicyclic) bond motifs is 2. The second kappa shape index (κ2) is 6.61. The molecule has 0 amide bonds. The minimum absolute atomic E-state index is 0.113. The van der Waals surface area contributed by atoms with Crippen molar-refractivity contribution in [1.29, 1.82) is 0 Å². The second-order valence-electron chi connectivity index (χ2n) is 6.78. The fourth-order valence-corrected chi connectivity index (χ4v) is 4.52. The molecule has 26 heavy (non-hydrogen) atoms. The second-order valence-corrected chi connectivity index (χ2v) is 7.86. The average molecular weight is 361 g/mol. The molecule has 0 N–H and O–H groups in total. The third-order valence-electron chi connectivity index (χ3n) is 5.09. The van der Waals surface area contributed by atoms with Gasteiger partial charge in [0.05, 0.1) is 4.92 Å². The molecule has 0 aliphatic carbocycles. The average Bonchev–Trinajstić information content (AvgIpc) is 2.65. The van der Waals surface area contributed by atoms with Crippen LogP contribution in [0.5, 0.6) is 0 Å². The van der Waals surface area contributed by atoms with Crippen molar-refractivity contribution in [3.63, 3.8) is 0 Å². The van der Waals surface area contributed by atoms with Crippen molar-refractivity contribution in [2.75, 3.05) is 0 Å². The summed E-state index contributed by atoms with van der Waals surface area (Å²) in [6.07, 6.45) is 0.938. The van der Waals surface area contributed by atoms with Gasteiger partial charge in [-0.1, -0.05) is 61.2 Å². The van der Waals surface area contributed by atoms with Crippen LogP contribution < -0.4 is 0 Å². The Morgan fingerprint density at radius 1 is 0.962 bits per heavy atom. The van der Waals surface area contributed by atoms with Gasteiger partial charge in [-0.2, -0.15) is 0 Å². The third-order valence-corrected chi connectivity index (χ3v) is 6.32. The number of nitrogens with zero attached hydrogens (tertiary/aromatic N) is 1. The number of hydrogen-bond acceptors (Lipinski definition) is 3. The molecule has 0 bridgehead atoms. The Balaban J connectivity index is 1.68. The van der Waals surface area contributed by atoms with E-state index in [1.165, 1.54) is 26.5 Å². The van der Waals surface area contributed by atoms with Crippen LogP contribution in [0.3, 0.4) is 0 Å². The number of rotatable bonds is 3. The summed E-state index contributed by atoms with van der Waals surface area (Å²) in [7, 11) is 0. The summed E-state index contributed by atoms with van der Waals surface area (Å²) < 4.78 is 0. The lowest BCUT2D eigenvalue weighted by molar-refractivity contribution is -0.385. The van der Waals surface area contributed by atoms with Crippen LogP contribution in [0.2, 0.25) is 0 Å². The van der Waals surface area contributed by atoms with Crippen LogP contribution >= 0.6 is 11.8 Å². The van der Waals surface area contributed by atoms with E-state index in [2.05, 4.69) is 49.4 Å². The van der Waals surface area contributed by atoms with Crippen molar-refractivity contribution in [3.8, 4) is 0 Å². The van der Waals surface area contributed by atoms with Crippen LogP contribution in [-0.2, 0) is 6.42 Å². The summed E-state index contributed by atoms with van der Waals surface area (Å²) in [6.45, 7) is 3.89. The van der Waals surface area contributed by atoms with Crippen molar-refractivity contribution in [2.24, 2.45) is 0 Å². The van der Waals surface area contributed by atoms with Gasteiger partial charge >= 0.3 is 0 Å². The molecule has 4 rings (SSSR count). The minimum atomic E-state index is -0.300. The summed E-state index contributed by atoms with van der Waals surface area (Å²) in [6, 6.07) is 20.7. The zero-order valence-corrected chi connectivity index (χ0v) is 15.5. The van der Waals surface area contributed by atoms with Crippen molar-refractivity contribution in [3.05, 3.63) is 98.6 Å². The highest BCUT2D eigenvalue weighted by atomic mass is 32.2. The molecular formula is C22H19NO2S. The quantitative estimate of drug-likeness (QED) is 0.326. The largest absolute Gasteiger partial charge is 0.272 e. The SMILES string of the molecule is Cc1ccc(C(C)c2ccc3c(c2)Cc2ccccc2S3)cc1[N+](=O)[O-]. The first-order chi connectivity index (χ1) is 12.5. The molecule has 1 unspecified atom stereocenters. The standard InChI is InChI=1S/C22H19NO2S/c1-14-7-8-17(13-20(14)23(24)25)15(2)16-9-10-22-19(11-16)12-18-5-3-4-6-21(18)26-22/h3-11,13,15H,12H2,1-2H3. The molecule has 3 nitrogen and oxygen atoms in total. The van der Waals surface area contributed by atoms with Crippen LogP contribution in [0.15, 0.2) is 70.5 Å². The fourth-order valence-electron chi connectivity index (χ4n) is 3.46. The van der Waals surface area contributed by atoms with Crippen LogP contribution in [0.1, 0.15) is 40.7 Å². The highest BCUT2D eigenvalue weighted by Crippen LogP contribution is 2.41. The van der Waals surface area contributed by atoms with Gasteiger partial charge in [0.2, 0.25) is 0 Å². The van der Waals surface area contributed by atoms with E-state index in [0.717, 1.165) is 12.0 Å². The topological polar surface area (TPSA) is 43.1 Å². The molecule has 130 valence electrons. The Morgan fingerprint density at radius 3 is 2.46 bits per heavy atom. The van der Waals surface area contributed by atoms with Gasteiger partial charge in [0, 0.05) is 27.3 Å². The third kappa shape index (κ3) is 3.01. The monoisotopic (exact) mass is 361 g/mol. The summed E-state index contributed by atoms with van der Waals surface area (Å²) in [5.41, 5.74) is 5.76. The molecule has 0 spiro atoms. The summed E-state index contributed by atoms with van der Waals surface area (Å²) in [5.74, 6) is 0.113. The van der Waals surface area contributed by atoms with Crippen molar-refractivity contribution in [2.45, 2.75) is 36.0 Å². The van der Waals surface area contributed by atoms with E-state index in [1.807, 2.05) is 23.9 Å². The number of nitro groups is 1. The van der Waals surface area contributed by atoms with E-state index in [9.17, 15) is 10.1 Å². The first-order valence-electron chi connectivity index (χ1n) is 8.66. The Labute approximate surface area is 157 Å². The molecule has 1 heterocycles. The van der Waals surface area contributed by atoms with Crippen molar-refractivity contribution in [1.82, 2.24) is 0 Å². The lowest BCUT2D eigenvalue weighted by Gasteiger charge is -2.21. The molecule has 0 aromatic heterocycles. The van der Waals surface area contributed by atoms with E-state index >= 15 is 0 Å². The molecule has 0 radical (unpaired) electrons. The maximum Gasteiger partial charge on any atom is 0.272 e. The van der Waals surface area contributed by atoms with Gasteiger partial charge in [-0.15, -0.1) is 0 Å². The molecule has 3 aromatic carbocycles. The smallest absolute Gasteiger partial charge is 0.258 e. The van der Waals surface area contributed by atoms with Gasteiger partial charge in [0.15, 0.2) is 0 Å². The molecule has 0 fully saturated rings. The maximum atomic E-state index is 11.2. The Hall–Kier alpha value is -2.59. The van der Waals surface area contributed by atoms with Gasteiger partial charge in [0.25, 0.3) is 5.69 Å². The van der Waals surface area contributed by atoms with Gasteiger partial charge in [-0.3, -0.25) is 10.1 Å². The first-order valence-corrected chi connectivity index (χ1v) is 9.48. The number of hydrogen-bond donors (Lipinski definition) is 0. The zero-order chi connectivity index (χ0) is 18.3. The molecular weight excluding hydrogens is 342 g/mol. The summed E-state index contributed by atoms with van der Waals surface area (Å²) in [4.78, 5) is 13.6. The van der Waals surface area contributed by atoms with Crippen LogP contribution in [-0.4, -0.2) is 4.92 Å². The normalized spacial score (nSPS) is 13.6. The van der Waals surface area contributed by atoms with Gasteiger partial charge in [0.1, 0.15) is 0 Å². The first kappa shape index (κ1) is 16.9. The molecule has 0 saturated carbocycles. The maximum absolute atomic E-state index is 11.2. The minimum Gasteiger partial charge on any atom is -0.258 e. The van der Waals surface area contributed by atoms with Gasteiger partial charge in [-0.05, 0) is 47.7 Å². The van der Waals surface area contributed by atoms with Crippen LogP contribution in [0.4, 0.5) is 5.69 Å². The predicted octanol–water partition coefficient (Wildman–Crippen LogP) is 6.11. The molecule has 4 heteroatoms. The Bertz CT molecular complexity index is 1010. The van der Waals surface area contributed by atoms with Crippen LogP contribution in [0.25, 0.3) is 0 Å². The predicted molar refractivity (Wildman–Crippen MR) is 105 cm³/mol. The van der Waals surface area contributed by atoms with Gasteiger partial charge < -0.3 is 0 Å². The summed E-state index contributed by atoms with van der Waals surface area (Å²) in [5, 5.41) is 11.2.